The van der Waals surface area contributed by atoms with Crippen molar-refractivity contribution in [1.82, 2.24) is 5.32 Å². The van der Waals surface area contributed by atoms with Gasteiger partial charge in [0.25, 0.3) is 5.91 Å². The number of hydrogen-bond donors (Lipinski definition) is 1. The molecule has 0 saturated heterocycles. The molecule has 4 heteroatoms. The molecule has 0 radical (unpaired) electrons. The van der Waals surface area contributed by atoms with E-state index in [0.29, 0.717) is 11.5 Å². The molecule has 1 atom stereocenters. The zero-order valence-electron chi connectivity index (χ0n) is 15.4. The summed E-state index contributed by atoms with van der Waals surface area (Å²) in [5.74, 6) is 1.31. The van der Waals surface area contributed by atoms with Crippen molar-refractivity contribution in [2.45, 2.75) is 33.2 Å². The Morgan fingerprint density at radius 3 is 2.24 bits per heavy atom. The zero-order chi connectivity index (χ0) is 18.2. The maximum atomic E-state index is 12.4. The van der Waals surface area contributed by atoms with Crippen molar-refractivity contribution in [2.24, 2.45) is 5.92 Å². The molecule has 0 saturated carbocycles. The molecule has 0 aromatic heterocycles. The van der Waals surface area contributed by atoms with Gasteiger partial charge in [-0.3, -0.25) is 4.79 Å². The standard InChI is InChI=1S/C21H27NO3/c1-5-16-10-12-17(13-11-16)21(15(2)3)22-20(23)14-25-19-9-7-6-8-18(19)24-4/h6-13,15,21H,5,14H2,1-4H3,(H,22,23). The molecular weight excluding hydrogens is 314 g/mol. The van der Waals surface area contributed by atoms with Crippen LogP contribution in [0.3, 0.4) is 0 Å². The van der Waals surface area contributed by atoms with Crippen molar-refractivity contribution in [3.63, 3.8) is 0 Å². The second-order valence-electron chi connectivity index (χ2n) is 6.32. The van der Waals surface area contributed by atoms with E-state index in [1.807, 2.05) is 12.1 Å². The maximum absolute atomic E-state index is 12.4. The summed E-state index contributed by atoms with van der Waals surface area (Å²) in [6.45, 7) is 6.28. The molecule has 2 aromatic rings. The van der Waals surface area contributed by atoms with Gasteiger partial charge in [0.15, 0.2) is 18.1 Å². The summed E-state index contributed by atoms with van der Waals surface area (Å²) in [4.78, 5) is 12.4. The third kappa shape index (κ3) is 5.24. The van der Waals surface area contributed by atoms with Crippen LogP contribution < -0.4 is 14.8 Å². The number of carbonyl (C=O) groups is 1. The third-order valence-corrected chi connectivity index (χ3v) is 4.16. The molecule has 0 bridgehead atoms. The predicted octanol–water partition coefficient (Wildman–Crippen LogP) is 4.15. The van der Waals surface area contributed by atoms with Crippen molar-refractivity contribution in [3.05, 3.63) is 59.7 Å². The number of carbonyl (C=O) groups excluding carboxylic acids is 1. The van der Waals surface area contributed by atoms with Gasteiger partial charge in [-0.05, 0) is 35.6 Å². The molecule has 0 aliphatic rings. The van der Waals surface area contributed by atoms with E-state index in [9.17, 15) is 4.79 Å². The molecular formula is C21H27NO3. The van der Waals surface area contributed by atoms with Crippen LogP contribution in [0.4, 0.5) is 0 Å². The molecule has 25 heavy (non-hydrogen) atoms. The second kappa shape index (κ2) is 9.11. The van der Waals surface area contributed by atoms with Gasteiger partial charge >= 0.3 is 0 Å². The quantitative estimate of drug-likeness (QED) is 0.784. The molecule has 1 N–H and O–H groups in total. The van der Waals surface area contributed by atoms with Gasteiger partial charge in [0.2, 0.25) is 0 Å². The number of methoxy groups -OCH3 is 1. The van der Waals surface area contributed by atoms with Gasteiger partial charge in [-0.2, -0.15) is 0 Å². The van der Waals surface area contributed by atoms with Crippen LogP contribution in [-0.2, 0) is 11.2 Å². The third-order valence-electron chi connectivity index (χ3n) is 4.16. The highest BCUT2D eigenvalue weighted by molar-refractivity contribution is 5.78. The molecule has 4 nitrogen and oxygen atoms in total. The predicted molar refractivity (Wildman–Crippen MR) is 100 cm³/mol. The first-order valence-corrected chi connectivity index (χ1v) is 8.69. The van der Waals surface area contributed by atoms with Crippen molar-refractivity contribution in [1.29, 1.82) is 0 Å². The maximum Gasteiger partial charge on any atom is 0.258 e. The summed E-state index contributed by atoms with van der Waals surface area (Å²) in [5.41, 5.74) is 2.40. The number of para-hydroxylation sites is 2. The lowest BCUT2D eigenvalue weighted by atomic mass is 9.95. The highest BCUT2D eigenvalue weighted by Gasteiger charge is 2.19. The van der Waals surface area contributed by atoms with Crippen LogP contribution in [-0.4, -0.2) is 19.6 Å². The molecule has 0 aliphatic carbocycles. The summed E-state index contributed by atoms with van der Waals surface area (Å²) >= 11 is 0. The van der Waals surface area contributed by atoms with E-state index in [4.69, 9.17) is 9.47 Å². The highest BCUT2D eigenvalue weighted by atomic mass is 16.5. The fourth-order valence-corrected chi connectivity index (χ4v) is 2.69. The number of hydrogen-bond acceptors (Lipinski definition) is 3. The van der Waals surface area contributed by atoms with E-state index in [-0.39, 0.29) is 24.5 Å². The number of ether oxygens (including phenoxy) is 2. The first-order chi connectivity index (χ1) is 12.0. The van der Waals surface area contributed by atoms with Gasteiger partial charge in [-0.25, -0.2) is 0 Å². The number of amides is 1. The first-order valence-electron chi connectivity index (χ1n) is 8.69. The molecule has 0 aliphatic heterocycles. The van der Waals surface area contributed by atoms with E-state index >= 15 is 0 Å². The van der Waals surface area contributed by atoms with E-state index in [0.717, 1.165) is 12.0 Å². The van der Waals surface area contributed by atoms with Crippen molar-refractivity contribution in [2.75, 3.05) is 13.7 Å². The summed E-state index contributed by atoms with van der Waals surface area (Å²) in [7, 11) is 1.58. The lowest BCUT2D eigenvalue weighted by Crippen LogP contribution is -2.35. The summed E-state index contributed by atoms with van der Waals surface area (Å²) in [5, 5.41) is 3.07. The molecule has 2 rings (SSSR count). The van der Waals surface area contributed by atoms with Gasteiger partial charge in [0.1, 0.15) is 0 Å². The van der Waals surface area contributed by atoms with E-state index in [1.54, 1.807) is 19.2 Å². The summed E-state index contributed by atoms with van der Waals surface area (Å²) in [6.07, 6.45) is 1.01. The number of aryl methyl sites for hydroxylation is 1. The van der Waals surface area contributed by atoms with Crippen LogP contribution in [0.2, 0.25) is 0 Å². The Balaban J connectivity index is 2.00. The number of rotatable bonds is 8. The van der Waals surface area contributed by atoms with Gasteiger partial charge in [-0.1, -0.05) is 57.2 Å². The van der Waals surface area contributed by atoms with Gasteiger partial charge in [0, 0.05) is 0 Å². The first kappa shape index (κ1) is 18.8. The largest absolute Gasteiger partial charge is 0.493 e. The van der Waals surface area contributed by atoms with Crippen LogP contribution in [0.25, 0.3) is 0 Å². The van der Waals surface area contributed by atoms with Crippen molar-refractivity contribution >= 4 is 5.91 Å². The Kier molecular flexibility index (Phi) is 6.87. The molecule has 1 amide bonds. The molecule has 0 fully saturated rings. The SMILES string of the molecule is CCc1ccc(C(NC(=O)COc2ccccc2OC)C(C)C)cc1. The summed E-state index contributed by atoms with van der Waals surface area (Å²) < 4.78 is 10.8. The van der Waals surface area contributed by atoms with Crippen LogP contribution in [0.1, 0.15) is 37.9 Å². The van der Waals surface area contributed by atoms with Crippen LogP contribution in [0, 0.1) is 5.92 Å². The van der Waals surface area contributed by atoms with Crippen molar-refractivity contribution in [3.8, 4) is 11.5 Å². The van der Waals surface area contributed by atoms with Crippen LogP contribution in [0.15, 0.2) is 48.5 Å². The number of nitrogens with one attached hydrogen (secondary N) is 1. The van der Waals surface area contributed by atoms with Crippen LogP contribution in [0.5, 0.6) is 11.5 Å². The number of benzene rings is 2. The molecule has 1 unspecified atom stereocenters. The molecule has 0 heterocycles. The monoisotopic (exact) mass is 341 g/mol. The van der Waals surface area contributed by atoms with Gasteiger partial charge < -0.3 is 14.8 Å². The zero-order valence-corrected chi connectivity index (χ0v) is 15.4. The highest BCUT2D eigenvalue weighted by Crippen LogP contribution is 2.26. The lowest BCUT2D eigenvalue weighted by molar-refractivity contribution is -0.124. The minimum absolute atomic E-state index is 0.0420. The topological polar surface area (TPSA) is 47.6 Å². The van der Waals surface area contributed by atoms with E-state index in [2.05, 4.69) is 50.4 Å². The second-order valence-corrected chi connectivity index (χ2v) is 6.32. The minimum Gasteiger partial charge on any atom is -0.493 e. The Bertz CT molecular complexity index is 680. The van der Waals surface area contributed by atoms with Crippen LogP contribution >= 0.6 is 0 Å². The van der Waals surface area contributed by atoms with E-state index < -0.39 is 0 Å². The van der Waals surface area contributed by atoms with Crippen molar-refractivity contribution < 1.29 is 14.3 Å². The fourth-order valence-electron chi connectivity index (χ4n) is 2.69. The Morgan fingerprint density at radius 2 is 1.68 bits per heavy atom. The summed E-state index contributed by atoms with van der Waals surface area (Å²) in [6, 6.07) is 15.7. The van der Waals surface area contributed by atoms with E-state index in [1.165, 1.54) is 5.56 Å². The minimum atomic E-state index is -0.149. The smallest absolute Gasteiger partial charge is 0.258 e. The fraction of sp³-hybridized carbons (Fsp3) is 0.381. The Morgan fingerprint density at radius 1 is 1.04 bits per heavy atom. The Hall–Kier alpha value is -2.49. The van der Waals surface area contributed by atoms with Gasteiger partial charge in [-0.15, -0.1) is 0 Å². The average Bonchev–Trinajstić information content (AvgIpc) is 2.64. The normalized spacial score (nSPS) is 11.9. The molecule has 134 valence electrons. The molecule has 0 spiro atoms. The lowest BCUT2D eigenvalue weighted by Gasteiger charge is -2.23. The van der Waals surface area contributed by atoms with Gasteiger partial charge in [0.05, 0.1) is 13.2 Å². The molecule has 2 aromatic carbocycles. The average molecular weight is 341 g/mol. The Labute approximate surface area is 150 Å².